The quantitative estimate of drug-likeness (QED) is 0.927. The van der Waals surface area contributed by atoms with E-state index in [0.717, 1.165) is 5.56 Å². The lowest BCUT2D eigenvalue weighted by Crippen LogP contribution is -2.44. The number of nitrogens with one attached hydrogen (secondary N) is 1. The predicted molar refractivity (Wildman–Crippen MR) is 73.9 cm³/mol. The van der Waals surface area contributed by atoms with Crippen LogP contribution in [0.1, 0.15) is 18.4 Å². The smallest absolute Gasteiger partial charge is 0.250 e. The summed E-state index contributed by atoms with van der Waals surface area (Å²) in [7, 11) is 0. The molecule has 0 aromatic heterocycles. The van der Waals surface area contributed by atoms with Gasteiger partial charge >= 0.3 is 0 Å². The van der Waals surface area contributed by atoms with Crippen molar-refractivity contribution in [3.05, 3.63) is 34.9 Å². The number of amides is 1. The van der Waals surface area contributed by atoms with Crippen LogP contribution in [0.4, 0.5) is 8.78 Å². The van der Waals surface area contributed by atoms with Gasteiger partial charge in [0.1, 0.15) is 0 Å². The van der Waals surface area contributed by atoms with Crippen molar-refractivity contribution in [2.24, 2.45) is 0 Å². The SMILES string of the molecule is O=C(CN1CCC(F)(F)CC1)NCc1ccccc1Cl. The zero-order valence-corrected chi connectivity index (χ0v) is 11.8. The zero-order valence-electron chi connectivity index (χ0n) is 11.0. The molecule has 3 nitrogen and oxygen atoms in total. The van der Waals surface area contributed by atoms with Gasteiger partial charge in [0, 0.05) is 37.5 Å². The molecule has 110 valence electrons. The van der Waals surface area contributed by atoms with E-state index < -0.39 is 5.92 Å². The van der Waals surface area contributed by atoms with Crippen LogP contribution in [0.25, 0.3) is 0 Å². The fraction of sp³-hybridized carbons (Fsp3) is 0.500. The second kappa shape index (κ2) is 6.50. The standard InChI is InChI=1S/C14H17ClF2N2O/c15-12-4-2-1-3-11(12)9-18-13(20)10-19-7-5-14(16,17)6-8-19/h1-4H,5-10H2,(H,18,20). The van der Waals surface area contributed by atoms with E-state index >= 15 is 0 Å². The van der Waals surface area contributed by atoms with Gasteiger partial charge in [-0.2, -0.15) is 0 Å². The fourth-order valence-electron chi connectivity index (χ4n) is 2.13. The summed E-state index contributed by atoms with van der Waals surface area (Å²) in [6.45, 7) is 1.02. The normalized spacial score (nSPS) is 18.8. The van der Waals surface area contributed by atoms with Gasteiger partial charge in [-0.15, -0.1) is 0 Å². The molecule has 0 saturated carbocycles. The molecule has 0 bridgehead atoms. The molecule has 0 spiro atoms. The number of rotatable bonds is 4. The van der Waals surface area contributed by atoms with Crippen LogP contribution in [-0.2, 0) is 11.3 Å². The van der Waals surface area contributed by atoms with E-state index in [1.165, 1.54) is 0 Å². The third-order valence-corrected chi connectivity index (χ3v) is 3.76. The van der Waals surface area contributed by atoms with Gasteiger partial charge in [-0.1, -0.05) is 29.8 Å². The Bertz CT molecular complexity index is 472. The van der Waals surface area contributed by atoms with E-state index in [1.54, 1.807) is 11.0 Å². The molecular formula is C14H17ClF2N2O. The van der Waals surface area contributed by atoms with Gasteiger partial charge in [-0.25, -0.2) is 8.78 Å². The number of carbonyl (C=O) groups is 1. The van der Waals surface area contributed by atoms with Gasteiger partial charge < -0.3 is 5.32 Å². The predicted octanol–water partition coefficient (Wildman–Crippen LogP) is 2.69. The molecule has 1 saturated heterocycles. The number of piperidine rings is 1. The highest BCUT2D eigenvalue weighted by Gasteiger charge is 2.34. The summed E-state index contributed by atoms with van der Waals surface area (Å²) < 4.78 is 26.0. The average Bonchev–Trinajstić information content (AvgIpc) is 2.40. The molecule has 1 aromatic rings. The summed E-state index contributed by atoms with van der Waals surface area (Å²) >= 11 is 5.99. The first-order valence-electron chi connectivity index (χ1n) is 6.56. The van der Waals surface area contributed by atoms with E-state index in [-0.39, 0.29) is 38.4 Å². The summed E-state index contributed by atoms with van der Waals surface area (Å²) in [6, 6.07) is 7.27. The minimum atomic E-state index is -2.58. The van der Waals surface area contributed by atoms with Crippen LogP contribution in [0.15, 0.2) is 24.3 Å². The van der Waals surface area contributed by atoms with Crippen molar-refractivity contribution < 1.29 is 13.6 Å². The Morgan fingerprint density at radius 1 is 1.30 bits per heavy atom. The van der Waals surface area contributed by atoms with Crippen LogP contribution in [0, 0.1) is 0 Å². The number of alkyl halides is 2. The third-order valence-electron chi connectivity index (χ3n) is 3.39. The Labute approximate surface area is 121 Å². The number of hydrogen-bond acceptors (Lipinski definition) is 2. The third kappa shape index (κ3) is 4.42. The molecule has 1 aliphatic heterocycles. The van der Waals surface area contributed by atoms with Crippen molar-refractivity contribution in [3.63, 3.8) is 0 Å². The molecular weight excluding hydrogens is 286 g/mol. The minimum Gasteiger partial charge on any atom is -0.351 e. The number of carbonyl (C=O) groups excluding carboxylic acids is 1. The van der Waals surface area contributed by atoms with E-state index in [2.05, 4.69) is 5.32 Å². The molecule has 1 N–H and O–H groups in total. The van der Waals surface area contributed by atoms with Gasteiger partial charge in [-0.3, -0.25) is 9.69 Å². The second-order valence-electron chi connectivity index (χ2n) is 5.00. The van der Waals surface area contributed by atoms with Crippen LogP contribution in [-0.4, -0.2) is 36.4 Å². The molecule has 20 heavy (non-hydrogen) atoms. The van der Waals surface area contributed by atoms with Crippen LogP contribution in [0.2, 0.25) is 5.02 Å². The van der Waals surface area contributed by atoms with Gasteiger partial charge in [0.2, 0.25) is 5.91 Å². The van der Waals surface area contributed by atoms with Crippen molar-refractivity contribution in [1.29, 1.82) is 0 Å². The first kappa shape index (κ1) is 15.2. The Morgan fingerprint density at radius 3 is 2.60 bits per heavy atom. The highest BCUT2D eigenvalue weighted by Crippen LogP contribution is 2.27. The van der Waals surface area contributed by atoms with Crippen molar-refractivity contribution in [2.75, 3.05) is 19.6 Å². The zero-order chi connectivity index (χ0) is 14.6. The van der Waals surface area contributed by atoms with E-state index in [1.807, 2.05) is 18.2 Å². The second-order valence-corrected chi connectivity index (χ2v) is 5.41. The van der Waals surface area contributed by atoms with Crippen LogP contribution >= 0.6 is 11.6 Å². The molecule has 1 heterocycles. The molecule has 1 aliphatic rings. The largest absolute Gasteiger partial charge is 0.351 e. The molecule has 0 atom stereocenters. The lowest BCUT2D eigenvalue weighted by atomic mass is 10.1. The van der Waals surface area contributed by atoms with Crippen LogP contribution in [0.3, 0.4) is 0 Å². The molecule has 0 aliphatic carbocycles. The molecule has 0 radical (unpaired) electrons. The molecule has 1 aromatic carbocycles. The van der Waals surface area contributed by atoms with Crippen molar-refractivity contribution in [3.8, 4) is 0 Å². The van der Waals surface area contributed by atoms with Gasteiger partial charge in [0.25, 0.3) is 5.92 Å². The molecule has 0 unspecified atom stereocenters. The number of likely N-dealkylation sites (tertiary alicyclic amines) is 1. The van der Waals surface area contributed by atoms with Gasteiger partial charge in [-0.05, 0) is 11.6 Å². The van der Waals surface area contributed by atoms with Gasteiger partial charge in [0.05, 0.1) is 6.54 Å². The van der Waals surface area contributed by atoms with E-state index in [0.29, 0.717) is 11.6 Å². The maximum Gasteiger partial charge on any atom is 0.250 e. The van der Waals surface area contributed by atoms with Crippen molar-refractivity contribution in [1.82, 2.24) is 10.2 Å². The minimum absolute atomic E-state index is 0.153. The highest BCUT2D eigenvalue weighted by molar-refractivity contribution is 6.31. The van der Waals surface area contributed by atoms with E-state index in [9.17, 15) is 13.6 Å². The average molecular weight is 303 g/mol. The number of benzene rings is 1. The first-order chi connectivity index (χ1) is 9.46. The number of nitrogens with zero attached hydrogens (tertiary/aromatic N) is 1. The lowest BCUT2D eigenvalue weighted by molar-refractivity contribution is -0.124. The molecule has 1 amide bonds. The maximum absolute atomic E-state index is 13.0. The summed E-state index contributed by atoms with van der Waals surface area (Å²) in [5.74, 6) is -2.75. The van der Waals surface area contributed by atoms with Crippen molar-refractivity contribution in [2.45, 2.75) is 25.3 Å². The first-order valence-corrected chi connectivity index (χ1v) is 6.94. The Balaban J connectivity index is 1.75. The number of hydrogen-bond donors (Lipinski definition) is 1. The van der Waals surface area contributed by atoms with E-state index in [4.69, 9.17) is 11.6 Å². The fourth-order valence-corrected chi connectivity index (χ4v) is 2.34. The monoisotopic (exact) mass is 302 g/mol. The summed E-state index contributed by atoms with van der Waals surface area (Å²) in [5.41, 5.74) is 0.840. The maximum atomic E-state index is 13.0. The topological polar surface area (TPSA) is 32.3 Å². The number of halogens is 3. The molecule has 1 fully saturated rings. The Morgan fingerprint density at radius 2 is 1.95 bits per heavy atom. The van der Waals surface area contributed by atoms with Crippen molar-refractivity contribution >= 4 is 17.5 Å². The molecule has 6 heteroatoms. The Kier molecular flexibility index (Phi) is 4.94. The summed E-state index contributed by atoms with van der Waals surface area (Å²) in [4.78, 5) is 13.5. The lowest BCUT2D eigenvalue weighted by Gasteiger charge is -2.31. The van der Waals surface area contributed by atoms with Gasteiger partial charge in [0.15, 0.2) is 0 Å². The summed E-state index contributed by atoms with van der Waals surface area (Å²) in [6.07, 6.45) is -0.352. The molecule has 2 rings (SSSR count). The van der Waals surface area contributed by atoms with Crippen LogP contribution in [0.5, 0.6) is 0 Å². The Hall–Kier alpha value is -1.20. The summed E-state index contributed by atoms with van der Waals surface area (Å²) in [5, 5.41) is 3.36. The highest BCUT2D eigenvalue weighted by atomic mass is 35.5. The van der Waals surface area contributed by atoms with Crippen LogP contribution < -0.4 is 5.32 Å².